The second-order valence-electron chi connectivity index (χ2n) is 4.11. The van der Waals surface area contributed by atoms with E-state index in [1.165, 1.54) is 12.1 Å². The van der Waals surface area contributed by atoms with Crippen LogP contribution in [0.2, 0.25) is 0 Å². The maximum Gasteiger partial charge on any atom is 0.164 e. The summed E-state index contributed by atoms with van der Waals surface area (Å²) in [6, 6.07) is 3.78. The molecule has 2 N–H and O–H groups in total. The fourth-order valence-electron chi connectivity index (χ4n) is 1.81. The molecule has 0 spiro atoms. The van der Waals surface area contributed by atoms with Gasteiger partial charge in [0.25, 0.3) is 0 Å². The summed E-state index contributed by atoms with van der Waals surface area (Å²) in [5, 5.41) is 18.7. The molecule has 102 valence electrons. The van der Waals surface area contributed by atoms with Crippen molar-refractivity contribution in [2.75, 3.05) is 26.2 Å². The highest BCUT2D eigenvalue weighted by atomic mass is 19.2. The fraction of sp³-hybridized carbons (Fsp3) is 0.538. The molecule has 1 unspecified atom stereocenters. The second-order valence-corrected chi connectivity index (χ2v) is 4.11. The van der Waals surface area contributed by atoms with Crippen LogP contribution in [0.3, 0.4) is 0 Å². The summed E-state index contributed by atoms with van der Waals surface area (Å²) in [6.45, 7) is 3.74. The van der Waals surface area contributed by atoms with E-state index in [0.717, 1.165) is 12.6 Å². The molecule has 0 saturated heterocycles. The number of benzene rings is 1. The third-order valence-corrected chi connectivity index (χ3v) is 2.92. The normalized spacial score (nSPS) is 13.0. The topological polar surface area (TPSA) is 43.7 Å². The van der Waals surface area contributed by atoms with Crippen molar-refractivity contribution in [1.82, 2.24) is 4.90 Å². The first-order valence-electron chi connectivity index (χ1n) is 6.05. The van der Waals surface area contributed by atoms with E-state index in [4.69, 9.17) is 5.11 Å². The van der Waals surface area contributed by atoms with E-state index in [0.29, 0.717) is 19.5 Å². The van der Waals surface area contributed by atoms with Crippen molar-refractivity contribution < 1.29 is 19.0 Å². The first-order chi connectivity index (χ1) is 8.60. The van der Waals surface area contributed by atoms with Gasteiger partial charge in [-0.2, -0.15) is 0 Å². The lowest BCUT2D eigenvalue weighted by Crippen LogP contribution is -2.28. The molecule has 5 heteroatoms. The number of aliphatic hydroxyl groups excluding tert-OH is 2. The van der Waals surface area contributed by atoms with Gasteiger partial charge in [-0.3, -0.25) is 0 Å². The minimum atomic E-state index is -1.03. The number of hydrogen-bond acceptors (Lipinski definition) is 3. The molecule has 0 aliphatic heterocycles. The van der Waals surface area contributed by atoms with Crippen molar-refractivity contribution in [2.24, 2.45) is 0 Å². The summed E-state index contributed by atoms with van der Waals surface area (Å²) in [6.07, 6.45) is -0.734. The Morgan fingerprint density at radius 1 is 1.28 bits per heavy atom. The van der Waals surface area contributed by atoms with Gasteiger partial charge in [0.05, 0.1) is 12.7 Å². The zero-order chi connectivity index (χ0) is 13.5. The molecule has 0 bridgehead atoms. The van der Waals surface area contributed by atoms with Crippen LogP contribution in [0.15, 0.2) is 18.2 Å². The monoisotopic (exact) mass is 259 g/mol. The van der Waals surface area contributed by atoms with Gasteiger partial charge in [0.15, 0.2) is 11.6 Å². The standard InChI is InChI=1S/C13H19F2NO2/c1-2-16(8-9-17)7-6-12(18)10-4-3-5-11(14)13(10)15/h3-5,12,17-18H,2,6-9H2,1H3. The lowest BCUT2D eigenvalue weighted by atomic mass is 10.1. The Hall–Kier alpha value is -1.04. The van der Waals surface area contributed by atoms with Gasteiger partial charge in [0, 0.05) is 18.7 Å². The average molecular weight is 259 g/mol. The number of rotatable bonds is 7. The highest BCUT2D eigenvalue weighted by Crippen LogP contribution is 2.21. The number of hydrogen-bond donors (Lipinski definition) is 2. The Labute approximate surface area is 106 Å². The van der Waals surface area contributed by atoms with Crippen LogP contribution in [0.4, 0.5) is 8.78 Å². The zero-order valence-electron chi connectivity index (χ0n) is 10.4. The Kier molecular flexibility index (Phi) is 6.18. The second kappa shape index (κ2) is 7.41. The lowest BCUT2D eigenvalue weighted by Gasteiger charge is -2.21. The Balaban J connectivity index is 2.59. The number of aliphatic hydroxyl groups is 2. The van der Waals surface area contributed by atoms with Crippen LogP contribution in [0.1, 0.15) is 25.0 Å². The van der Waals surface area contributed by atoms with E-state index < -0.39 is 17.7 Å². The summed E-state index contributed by atoms with van der Waals surface area (Å²) in [5.41, 5.74) is -0.0185. The molecule has 1 aromatic rings. The Morgan fingerprint density at radius 3 is 2.61 bits per heavy atom. The number of likely N-dealkylation sites (N-methyl/N-ethyl adjacent to an activating group) is 1. The summed E-state index contributed by atoms with van der Waals surface area (Å²) < 4.78 is 26.4. The van der Waals surface area contributed by atoms with Crippen LogP contribution in [0, 0.1) is 11.6 Å². The maximum absolute atomic E-state index is 13.4. The van der Waals surface area contributed by atoms with Crippen molar-refractivity contribution in [3.05, 3.63) is 35.4 Å². The van der Waals surface area contributed by atoms with Crippen molar-refractivity contribution in [2.45, 2.75) is 19.4 Å². The minimum absolute atomic E-state index is 0.0185. The van der Waals surface area contributed by atoms with Crippen molar-refractivity contribution in [3.8, 4) is 0 Å². The van der Waals surface area contributed by atoms with E-state index in [1.54, 1.807) is 0 Å². The maximum atomic E-state index is 13.4. The van der Waals surface area contributed by atoms with Crippen LogP contribution in [-0.2, 0) is 0 Å². The first-order valence-corrected chi connectivity index (χ1v) is 6.05. The predicted molar refractivity (Wildman–Crippen MR) is 65.1 cm³/mol. The van der Waals surface area contributed by atoms with E-state index >= 15 is 0 Å². The number of halogens is 2. The van der Waals surface area contributed by atoms with E-state index in [1.807, 2.05) is 11.8 Å². The number of nitrogens with zero attached hydrogens (tertiary/aromatic N) is 1. The van der Waals surface area contributed by atoms with Crippen LogP contribution < -0.4 is 0 Å². The van der Waals surface area contributed by atoms with Crippen molar-refractivity contribution in [3.63, 3.8) is 0 Å². The molecule has 1 aromatic carbocycles. The summed E-state index contributed by atoms with van der Waals surface area (Å²) in [4.78, 5) is 1.93. The molecule has 0 aromatic heterocycles. The molecule has 0 fully saturated rings. The quantitative estimate of drug-likeness (QED) is 0.783. The van der Waals surface area contributed by atoms with Gasteiger partial charge in [0.2, 0.25) is 0 Å². The predicted octanol–water partition coefficient (Wildman–Crippen LogP) is 1.70. The smallest absolute Gasteiger partial charge is 0.164 e. The van der Waals surface area contributed by atoms with E-state index in [9.17, 15) is 13.9 Å². The molecule has 0 aliphatic carbocycles. The van der Waals surface area contributed by atoms with Crippen molar-refractivity contribution >= 4 is 0 Å². The molecular weight excluding hydrogens is 240 g/mol. The molecule has 0 heterocycles. The molecule has 0 saturated carbocycles. The summed E-state index contributed by atoms with van der Waals surface area (Å²) >= 11 is 0. The zero-order valence-corrected chi connectivity index (χ0v) is 10.4. The lowest BCUT2D eigenvalue weighted by molar-refractivity contribution is 0.130. The van der Waals surface area contributed by atoms with Crippen molar-refractivity contribution in [1.29, 1.82) is 0 Å². The van der Waals surface area contributed by atoms with Gasteiger partial charge in [0.1, 0.15) is 0 Å². The fourth-order valence-corrected chi connectivity index (χ4v) is 1.81. The average Bonchev–Trinajstić information content (AvgIpc) is 2.37. The minimum Gasteiger partial charge on any atom is -0.395 e. The van der Waals surface area contributed by atoms with Gasteiger partial charge in [-0.05, 0) is 19.0 Å². The highest BCUT2D eigenvalue weighted by molar-refractivity contribution is 5.21. The third kappa shape index (κ3) is 4.01. The molecule has 1 atom stereocenters. The molecule has 0 amide bonds. The molecule has 1 rings (SSSR count). The molecule has 0 radical (unpaired) electrons. The Morgan fingerprint density at radius 2 is 2.00 bits per heavy atom. The Bertz CT molecular complexity index is 374. The van der Waals surface area contributed by atoms with Crippen LogP contribution in [-0.4, -0.2) is 41.4 Å². The first kappa shape index (κ1) is 15.0. The highest BCUT2D eigenvalue weighted by Gasteiger charge is 2.16. The van der Waals surface area contributed by atoms with Gasteiger partial charge < -0.3 is 15.1 Å². The third-order valence-electron chi connectivity index (χ3n) is 2.92. The van der Waals surface area contributed by atoms with E-state index in [-0.39, 0.29) is 12.2 Å². The van der Waals surface area contributed by atoms with Gasteiger partial charge >= 0.3 is 0 Å². The van der Waals surface area contributed by atoms with Gasteiger partial charge in [-0.15, -0.1) is 0 Å². The molecule has 0 aliphatic rings. The SMILES string of the molecule is CCN(CCO)CCC(O)c1cccc(F)c1F. The van der Waals surface area contributed by atoms with Crippen LogP contribution in [0.25, 0.3) is 0 Å². The molecular formula is C13H19F2NO2. The van der Waals surface area contributed by atoms with Gasteiger partial charge in [-0.25, -0.2) is 8.78 Å². The largest absolute Gasteiger partial charge is 0.395 e. The van der Waals surface area contributed by atoms with Crippen LogP contribution in [0.5, 0.6) is 0 Å². The summed E-state index contributed by atoms with van der Waals surface area (Å²) in [7, 11) is 0. The summed E-state index contributed by atoms with van der Waals surface area (Å²) in [5.74, 6) is -1.94. The molecule has 3 nitrogen and oxygen atoms in total. The van der Waals surface area contributed by atoms with E-state index in [2.05, 4.69) is 0 Å². The van der Waals surface area contributed by atoms with Gasteiger partial charge in [-0.1, -0.05) is 19.1 Å². The molecule has 18 heavy (non-hydrogen) atoms. The van der Waals surface area contributed by atoms with Crippen LogP contribution >= 0.6 is 0 Å².